The Morgan fingerprint density at radius 3 is 3.06 bits per heavy atom. The topological polar surface area (TPSA) is 78.1 Å². The van der Waals surface area contributed by atoms with Gasteiger partial charge in [-0.15, -0.1) is 11.3 Å². The number of nitrogens with two attached hydrogens (primary N) is 1. The first-order valence-corrected chi connectivity index (χ1v) is 6.63. The molecule has 0 aromatic carbocycles. The van der Waals surface area contributed by atoms with E-state index in [0.717, 1.165) is 10.2 Å². The third-order valence-corrected chi connectivity index (χ3v) is 3.90. The van der Waals surface area contributed by atoms with Gasteiger partial charge in [0.25, 0.3) is 0 Å². The predicted molar refractivity (Wildman–Crippen MR) is 69.2 cm³/mol. The van der Waals surface area contributed by atoms with Crippen LogP contribution in [0.2, 0.25) is 0 Å². The molecule has 1 unspecified atom stereocenters. The number of hydrogen-bond donors (Lipinski definition) is 1. The zero-order valence-corrected chi connectivity index (χ0v) is 11.0. The molecule has 0 aliphatic carbocycles. The van der Waals surface area contributed by atoms with Crippen molar-refractivity contribution in [3.63, 3.8) is 0 Å². The van der Waals surface area contributed by atoms with Crippen molar-refractivity contribution < 1.29 is 9.53 Å². The van der Waals surface area contributed by atoms with E-state index in [9.17, 15) is 4.79 Å². The van der Waals surface area contributed by atoms with Gasteiger partial charge in [-0.1, -0.05) is 11.8 Å². The molecule has 7 heteroatoms. The Morgan fingerprint density at radius 2 is 2.35 bits per heavy atom. The maximum Gasteiger partial charge on any atom is 0.318 e. The zero-order chi connectivity index (χ0) is 12.4. The largest absolute Gasteiger partial charge is 0.468 e. The van der Waals surface area contributed by atoms with E-state index in [0.29, 0.717) is 11.0 Å². The van der Waals surface area contributed by atoms with Crippen LogP contribution in [0, 0.1) is 0 Å². The Hall–Kier alpha value is -1.34. The second-order valence-electron chi connectivity index (χ2n) is 3.31. The minimum Gasteiger partial charge on any atom is -0.468 e. The molecular weight excluding hydrogens is 258 g/mol. The van der Waals surface area contributed by atoms with E-state index in [4.69, 9.17) is 5.73 Å². The van der Waals surface area contributed by atoms with E-state index in [1.807, 2.05) is 11.4 Å². The fourth-order valence-corrected chi connectivity index (χ4v) is 2.92. The molecule has 2 rings (SSSR count). The number of thiophene rings is 1. The second kappa shape index (κ2) is 4.89. The monoisotopic (exact) mass is 269 g/mol. The summed E-state index contributed by atoms with van der Waals surface area (Å²) in [4.78, 5) is 20.6. The normalized spacial score (nSPS) is 12.6. The zero-order valence-electron chi connectivity index (χ0n) is 9.34. The van der Waals surface area contributed by atoms with Gasteiger partial charge in [0.1, 0.15) is 15.9 Å². The number of esters is 1. The number of anilines is 1. The standard InChI is InChI=1S/C10H11N3O2S2/c1-5(9(14)15-2)17-10-12-7(11)6-3-4-16-8(6)13-10/h3-5H,1-2H3,(H2,11,12,13). The molecule has 0 spiro atoms. The summed E-state index contributed by atoms with van der Waals surface area (Å²) in [6, 6.07) is 1.88. The lowest BCUT2D eigenvalue weighted by molar-refractivity contribution is -0.139. The fourth-order valence-electron chi connectivity index (χ4n) is 1.28. The number of carbonyl (C=O) groups is 1. The highest BCUT2D eigenvalue weighted by Crippen LogP contribution is 2.28. The van der Waals surface area contributed by atoms with Gasteiger partial charge in [-0.25, -0.2) is 9.97 Å². The molecule has 0 bridgehead atoms. The number of hydrogen-bond acceptors (Lipinski definition) is 7. The van der Waals surface area contributed by atoms with Crippen LogP contribution in [-0.2, 0) is 9.53 Å². The molecule has 0 aliphatic rings. The van der Waals surface area contributed by atoms with E-state index >= 15 is 0 Å². The summed E-state index contributed by atoms with van der Waals surface area (Å²) in [6.45, 7) is 1.74. The van der Waals surface area contributed by atoms with Gasteiger partial charge in [-0.05, 0) is 18.4 Å². The van der Waals surface area contributed by atoms with E-state index in [-0.39, 0.29) is 11.2 Å². The highest BCUT2D eigenvalue weighted by atomic mass is 32.2. The van der Waals surface area contributed by atoms with Gasteiger partial charge in [-0.3, -0.25) is 4.79 Å². The van der Waals surface area contributed by atoms with Gasteiger partial charge in [0, 0.05) is 0 Å². The van der Waals surface area contributed by atoms with Crippen LogP contribution in [0.5, 0.6) is 0 Å². The lowest BCUT2D eigenvalue weighted by Gasteiger charge is -2.07. The SMILES string of the molecule is COC(=O)C(C)Sc1nc(N)c2ccsc2n1. The van der Waals surface area contributed by atoms with Crippen LogP contribution < -0.4 is 5.73 Å². The first-order chi connectivity index (χ1) is 8.11. The summed E-state index contributed by atoms with van der Waals surface area (Å²) in [6.07, 6.45) is 0. The smallest absolute Gasteiger partial charge is 0.318 e. The van der Waals surface area contributed by atoms with Gasteiger partial charge in [0.15, 0.2) is 5.16 Å². The first-order valence-electron chi connectivity index (χ1n) is 4.87. The highest BCUT2D eigenvalue weighted by molar-refractivity contribution is 8.00. The van der Waals surface area contributed by atoms with Crippen molar-refractivity contribution in [3.05, 3.63) is 11.4 Å². The molecule has 2 heterocycles. The molecular formula is C10H11N3O2S2. The summed E-state index contributed by atoms with van der Waals surface area (Å²) in [7, 11) is 1.36. The summed E-state index contributed by atoms with van der Waals surface area (Å²) in [5, 5.41) is 2.91. The highest BCUT2D eigenvalue weighted by Gasteiger charge is 2.17. The molecule has 0 saturated carbocycles. The van der Waals surface area contributed by atoms with E-state index in [2.05, 4.69) is 14.7 Å². The van der Waals surface area contributed by atoms with Crippen molar-refractivity contribution in [2.24, 2.45) is 0 Å². The average Bonchev–Trinajstić information content (AvgIpc) is 2.76. The molecule has 1 atom stereocenters. The lowest BCUT2D eigenvalue weighted by atomic mass is 10.4. The first kappa shape index (κ1) is 12.1. The molecule has 0 radical (unpaired) electrons. The minimum atomic E-state index is -0.350. The van der Waals surface area contributed by atoms with Gasteiger partial charge in [0.2, 0.25) is 0 Å². The number of nitrogens with zero attached hydrogens (tertiary/aromatic N) is 2. The quantitative estimate of drug-likeness (QED) is 0.521. The minimum absolute atomic E-state index is 0.302. The maximum absolute atomic E-state index is 11.3. The maximum atomic E-state index is 11.3. The number of nitrogen functional groups attached to an aromatic ring is 1. The average molecular weight is 269 g/mol. The molecule has 2 aromatic heterocycles. The Morgan fingerprint density at radius 1 is 1.59 bits per heavy atom. The summed E-state index contributed by atoms with van der Waals surface area (Å²) in [5.41, 5.74) is 5.81. The van der Waals surface area contributed by atoms with Crippen LogP contribution in [0.4, 0.5) is 5.82 Å². The molecule has 5 nitrogen and oxygen atoms in total. The lowest BCUT2D eigenvalue weighted by Crippen LogP contribution is -2.15. The summed E-state index contributed by atoms with van der Waals surface area (Å²) in [5.74, 6) is 0.138. The number of ether oxygens (including phenoxy) is 1. The van der Waals surface area contributed by atoms with E-state index < -0.39 is 0 Å². The second-order valence-corrected chi connectivity index (χ2v) is 5.52. The fraction of sp³-hybridized carbons (Fsp3) is 0.300. The Labute approximate surface area is 106 Å². The van der Waals surface area contributed by atoms with Crippen molar-refractivity contribution >= 4 is 45.1 Å². The van der Waals surface area contributed by atoms with Crippen molar-refractivity contribution in [2.45, 2.75) is 17.3 Å². The number of rotatable bonds is 3. The van der Waals surface area contributed by atoms with Crippen LogP contribution in [0.1, 0.15) is 6.92 Å². The third kappa shape index (κ3) is 2.50. The number of thioether (sulfide) groups is 1. The van der Waals surface area contributed by atoms with Crippen molar-refractivity contribution in [1.29, 1.82) is 0 Å². The van der Waals surface area contributed by atoms with Gasteiger partial charge < -0.3 is 10.5 Å². The summed E-state index contributed by atoms with van der Waals surface area (Å²) < 4.78 is 4.64. The van der Waals surface area contributed by atoms with Crippen LogP contribution >= 0.6 is 23.1 Å². The van der Waals surface area contributed by atoms with Crippen LogP contribution in [-0.4, -0.2) is 28.3 Å². The Balaban J connectivity index is 2.27. The van der Waals surface area contributed by atoms with Gasteiger partial charge in [0.05, 0.1) is 12.5 Å². The summed E-state index contributed by atoms with van der Waals surface area (Å²) >= 11 is 2.73. The Kier molecular flexibility index (Phi) is 3.49. The van der Waals surface area contributed by atoms with E-state index in [1.54, 1.807) is 6.92 Å². The molecule has 2 aromatic rings. The van der Waals surface area contributed by atoms with Gasteiger partial charge in [-0.2, -0.15) is 0 Å². The van der Waals surface area contributed by atoms with E-state index in [1.165, 1.54) is 30.2 Å². The van der Waals surface area contributed by atoms with Crippen LogP contribution in [0.15, 0.2) is 16.6 Å². The number of carbonyl (C=O) groups excluding carboxylic acids is 1. The third-order valence-electron chi connectivity index (χ3n) is 2.15. The number of methoxy groups -OCH3 is 1. The van der Waals surface area contributed by atoms with Gasteiger partial charge >= 0.3 is 5.97 Å². The van der Waals surface area contributed by atoms with Crippen molar-refractivity contribution in [3.8, 4) is 0 Å². The number of fused-ring (bicyclic) bond motifs is 1. The number of aromatic nitrogens is 2. The molecule has 2 N–H and O–H groups in total. The molecule has 0 fully saturated rings. The van der Waals surface area contributed by atoms with Crippen molar-refractivity contribution in [2.75, 3.05) is 12.8 Å². The molecule has 0 saturated heterocycles. The Bertz CT molecular complexity index is 555. The predicted octanol–water partition coefficient (Wildman–Crippen LogP) is 1.93. The molecule has 0 aliphatic heterocycles. The van der Waals surface area contributed by atoms with Crippen LogP contribution in [0.3, 0.4) is 0 Å². The molecule has 0 amide bonds. The molecule has 17 heavy (non-hydrogen) atoms. The van der Waals surface area contributed by atoms with Crippen molar-refractivity contribution in [1.82, 2.24) is 9.97 Å². The van der Waals surface area contributed by atoms with Crippen LogP contribution in [0.25, 0.3) is 10.2 Å². The molecule has 90 valence electrons.